The smallest absolute Gasteiger partial charge is 0.136 e. The maximum absolute atomic E-state index is 4.38. The van der Waals surface area contributed by atoms with Crippen LogP contribution in [0.5, 0.6) is 0 Å². The number of fused-ring (bicyclic) bond motifs is 1. The quantitative estimate of drug-likeness (QED) is 0.682. The SMILES string of the molecule is CC1CCCc2nnc(C3CCC3)n21. The summed E-state index contributed by atoms with van der Waals surface area (Å²) in [5, 5.41) is 8.71. The van der Waals surface area contributed by atoms with Crippen molar-refractivity contribution in [3.05, 3.63) is 11.6 Å². The summed E-state index contributed by atoms with van der Waals surface area (Å²) in [5.74, 6) is 3.22. The van der Waals surface area contributed by atoms with Gasteiger partial charge in [0, 0.05) is 18.4 Å². The lowest BCUT2D eigenvalue weighted by atomic mass is 9.84. The molecular weight excluding hydrogens is 174 g/mol. The Bertz CT molecular complexity index is 338. The summed E-state index contributed by atoms with van der Waals surface area (Å²) in [7, 11) is 0. The third kappa shape index (κ3) is 1.11. The minimum Gasteiger partial charge on any atom is -0.312 e. The van der Waals surface area contributed by atoms with Crippen LogP contribution in [-0.4, -0.2) is 14.8 Å². The van der Waals surface area contributed by atoms with Crippen molar-refractivity contribution in [2.75, 3.05) is 0 Å². The highest BCUT2D eigenvalue weighted by Crippen LogP contribution is 2.38. The first kappa shape index (κ1) is 8.45. The summed E-state index contributed by atoms with van der Waals surface area (Å²) in [4.78, 5) is 0. The normalized spacial score (nSPS) is 27.1. The van der Waals surface area contributed by atoms with Crippen LogP contribution in [0, 0.1) is 0 Å². The van der Waals surface area contributed by atoms with Crippen molar-refractivity contribution in [2.24, 2.45) is 0 Å². The molecule has 1 aromatic rings. The van der Waals surface area contributed by atoms with E-state index in [0.29, 0.717) is 6.04 Å². The molecule has 2 heterocycles. The molecule has 0 N–H and O–H groups in total. The zero-order valence-corrected chi connectivity index (χ0v) is 8.74. The Morgan fingerprint density at radius 2 is 2.00 bits per heavy atom. The summed E-state index contributed by atoms with van der Waals surface area (Å²) in [5.41, 5.74) is 0. The largest absolute Gasteiger partial charge is 0.312 e. The molecule has 0 radical (unpaired) electrons. The molecule has 1 aliphatic carbocycles. The summed E-state index contributed by atoms with van der Waals surface area (Å²) in [6.45, 7) is 2.30. The highest BCUT2D eigenvalue weighted by atomic mass is 15.3. The molecule has 1 aromatic heterocycles. The van der Waals surface area contributed by atoms with Crippen LogP contribution < -0.4 is 0 Å². The fourth-order valence-electron chi connectivity index (χ4n) is 2.62. The van der Waals surface area contributed by atoms with Crippen molar-refractivity contribution in [1.82, 2.24) is 14.8 Å². The number of aryl methyl sites for hydroxylation is 1. The molecule has 0 amide bonds. The second kappa shape index (κ2) is 3.07. The van der Waals surface area contributed by atoms with E-state index in [2.05, 4.69) is 21.7 Å². The van der Waals surface area contributed by atoms with Gasteiger partial charge in [0.05, 0.1) is 0 Å². The second-order valence-corrected chi connectivity index (χ2v) is 4.71. The first-order chi connectivity index (χ1) is 6.86. The van der Waals surface area contributed by atoms with Crippen LogP contribution in [0.4, 0.5) is 0 Å². The molecule has 3 heteroatoms. The molecule has 2 aliphatic rings. The molecule has 1 fully saturated rings. The Morgan fingerprint density at radius 1 is 1.14 bits per heavy atom. The van der Waals surface area contributed by atoms with E-state index >= 15 is 0 Å². The molecule has 1 atom stereocenters. The van der Waals surface area contributed by atoms with E-state index in [4.69, 9.17) is 0 Å². The number of aromatic nitrogens is 3. The fourth-order valence-corrected chi connectivity index (χ4v) is 2.62. The molecule has 76 valence electrons. The van der Waals surface area contributed by atoms with Crippen LogP contribution in [0.15, 0.2) is 0 Å². The minimum atomic E-state index is 0.629. The van der Waals surface area contributed by atoms with E-state index in [0.717, 1.165) is 12.3 Å². The number of hydrogen-bond donors (Lipinski definition) is 0. The summed E-state index contributed by atoms with van der Waals surface area (Å²) >= 11 is 0. The summed E-state index contributed by atoms with van der Waals surface area (Å²) in [6, 6.07) is 0.629. The van der Waals surface area contributed by atoms with Crippen LogP contribution in [0.25, 0.3) is 0 Å². The standard InChI is InChI=1S/C11H17N3/c1-8-4-2-7-10-12-13-11(14(8)10)9-5-3-6-9/h8-9H,2-7H2,1H3. The maximum atomic E-state index is 4.38. The van der Waals surface area contributed by atoms with Gasteiger partial charge in [0.15, 0.2) is 0 Å². The Balaban J connectivity index is 2.00. The zero-order valence-electron chi connectivity index (χ0n) is 8.74. The highest BCUT2D eigenvalue weighted by Gasteiger charge is 2.29. The van der Waals surface area contributed by atoms with E-state index in [1.165, 1.54) is 43.8 Å². The predicted octanol–water partition coefficient (Wildman–Crippen LogP) is 2.44. The zero-order chi connectivity index (χ0) is 9.54. The van der Waals surface area contributed by atoms with Gasteiger partial charge in [-0.2, -0.15) is 0 Å². The Morgan fingerprint density at radius 3 is 2.71 bits per heavy atom. The van der Waals surface area contributed by atoms with Gasteiger partial charge in [-0.05, 0) is 32.6 Å². The van der Waals surface area contributed by atoms with E-state index in [1.807, 2.05) is 0 Å². The van der Waals surface area contributed by atoms with Gasteiger partial charge in [-0.1, -0.05) is 6.42 Å². The van der Waals surface area contributed by atoms with Crippen molar-refractivity contribution >= 4 is 0 Å². The van der Waals surface area contributed by atoms with Crippen LogP contribution in [-0.2, 0) is 6.42 Å². The Kier molecular flexibility index (Phi) is 1.85. The maximum Gasteiger partial charge on any atom is 0.136 e. The number of nitrogens with zero attached hydrogens (tertiary/aromatic N) is 3. The Labute approximate surface area is 84.5 Å². The first-order valence-corrected chi connectivity index (χ1v) is 5.80. The third-order valence-electron chi connectivity index (χ3n) is 3.73. The van der Waals surface area contributed by atoms with Crippen molar-refractivity contribution < 1.29 is 0 Å². The fraction of sp³-hybridized carbons (Fsp3) is 0.818. The van der Waals surface area contributed by atoms with Crippen molar-refractivity contribution in [1.29, 1.82) is 0 Å². The third-order valence-corrected chi connectivity index (χ3v) is 3.73. The van der Waals surface area contributed by atoms with Crippen molar-refractivity contribution in [3.63, 3.8) is 0 Å². The van der Waals surface area contributed by atoms with Crippen LogP contribution in [0.2, 0.25) is 0 Å². The van der Waals surface area contributed by atoms with Gasteiger partial charge in [0.2, 0.25) is 0 Å². The minimum absolute atomic E-state index is 0.629. The van der Waals surface area contributed by atoms with Gasteiger partial charge in [0.25, 0.3) is 0 Å². The molecular formula is C11H17N3. The predicted molar refractivity (Wildman–Crippen MR) is 54.3 cm³/mol. The molecule has 1 saturated carbocycles. The molecule has 0 aromatic carbocycles. The average molecular weight is 191 g/mol. The van der Waals surface area contributed by atoms with Gasteiger partial charge < -0.3 is 4.57 Å². The van der Waals surface area contributed by atoms with Gasteiger partial charge in [-0.25, -0.2) is 0 Å². The average Bonchev–Trinajstić information content (AvgIpc) is 2.47. The van der Waals surface area contributed by atoms with Crippen molar-refractivity contribution in [3.8, 4) is 0 Å². The number of rotatable bonds is 1. The molecule has 3 nitrogen and oxygen atoms in total. The van der Waals surface area contributed by atoms with Gasteiger partial charge in [0.1, 0.15) is 11.6 Å². The Hall–Kier alpha value is -0.860. The van der Waals surface area contributed by atoms with Crippen molar-refractivity contribution in [2.45, 2.75) is 57.4 Å². The first-order valence-electron chi connectivity index (χ1n) is 5.80. The lowest BCUT2D eigenvalue weighted by molar-refractivity contribution is 0.350. The van der Waals surface area contributed by atoms with E-state index < -0.39 is 0 Å². The van der Waals surface area contributed by atoms with Crippen LogP contribution in [0.3, 0.4) is 0 Å². The van der Waals surface area contributed by atoms with Gasteiger partial charge in [-0.15, -0.1) is 10.2 Å². The van der Waals surface area contributed by atoms with Gasteiger partial charge >= 0.3 is 0 Å². The van der Waals surface area contributed by atoms with Crippen LogP contribution >= 0.6 is 0 Å². The van der Waals surface area contributed by atoms with E-state index in [1.54, 1.807) is 0 Å². The topological polar surface area (TPSA) is 30.7 Å². The molecule has 0 bridgehead atoms. The molecule has 3 rings (SSSR count). The highest BCUT2D eigenvalue weighted by molar-refractivity contribution is 5.08. The lowest BCUT2D eigenvalue weighted by Crippen LogP contribution is -2.21. The van der Waals surface area contributed by atoms with Gasteiger partial charge in [-0.3, -0.25) is 0 Å². The van der Waals surface area contributed by atoms with Crippen LogP contribution in [0.1, 0.15) is 62.6 Å². The molecule has 0 saturated heterocycles. The molecule has 1 unspecified atom stereocenters. The summed E-state index contributed by atoms with van der Waals surface area (Å²) in [6.07, 6.45) is 7.73. The monoisotopic (exact) mass is 191 g/mol. The number of hydrogen-bond acceptors (Lipinski definition) is 2. The summed E-state index contributed by atoms with van der Waals surface area (Å²) < 4.78 is 2.41. The van der Waals surface area contributed by atoms with E-state index in [9.17, 15) is 0 Å². The molecule has 14 heavy (non-hydrogen) atoms. The second-order valence-electron chi connectivity index (χ2n) is 4.71. The molecule has 1 aliphatic heterocycles. The lowest BCUT2D eigenvalue weighted by Gasteiger charge is -2.29. The van der Waals surface area contributed by atoms with E-state index in [-0.39, 0.29) is 0 Å². The molecule has 0 spiro atoms.